The Bertz CT molecular complexity index is 2090. The van der Waals surface area contributed by atoms with E-state index in [1.165, 1.54) is 0 Å². The van der Waals surface area contributed by atoms with Gasteiger partial charge >= 0.3 is 0 Å². The van der Waals surface area contributed by atoms with Crippen LogP contribution < -0.4 is 15.4 Å². The number of hydrogen-bond donors (Lipinski definition) is 2. The van der Waals surface area contributed by atoms with Crippen LogP contribution in [0.15, 0.2) is 83.8 Å². The zero-order valence-electron chi connectivity index (χ0n) is 28.3. The van der Waals surface area contributed by atoms with Gasteiger partial charge in [0.25, 0.3) is 11.8 Å². The Kier molecular flexibility index (Phi) is 10.9. The average molecular weight is 732 g/mol. The lowest BCUT2D eigenvalue weighted by Crippen LogP contribution is -2.48. The van der Waals surface area contributed by atoms with Gasteiger partial charge in [-0.3, -0.25) is 14.3 Å². The number of rotatable bonds is 11. The molecule has 1 aliphatic heterocycles. The lowest BCUT2D eigenvalue weighted by atomic mass is 9.93. The van der Waals surface area contributed by atoms with Gasteiger partial charge in [0.1, 0.15) is 5.02 Å². The van der Waals surface area contributed by atoms with E-state index in [1.807, 2.05) is 43.3 Å². The van der Waals surface area contributed by atoms with Gasteiger partial charge in [0.2, 0.25) is 0 Å². The van der Waals surface area contributed by atoms with Gasteiger partial charge in [0.15, 0.2) is 16.8 Å². The molecule has 260 valence electrons. The Labute approximate surface area is 304 Å². The Hall–Kier alpha value is -4.22. The van der Waals surface area contributed by atoms with Crippen molar-refractivity contribution < 1.29 is 13.8 Å². The van der Waals surface area contributed by atoms with Crippen molar-refractivity contribution in [1.29, 1.82) is 0 Å². The summed E-state index contributed by atoms with van der Waals surface area (Å²) in [6, 6.07) is 23.3. The Morgan fingerprint density at radius 2 is 1.72 bits per heavy atom. The third-order valence-corrected chi connectivity index (χ3v) is 10.9. The van der Waals surface area contributed by atoms with Crippen molar-refractivity contribution >= 4 is 62.6 Å². The van der Waals surface area contributed by atoms with Gasteiger partial charge in [-0.15, -0.1) is 5.10 Å². The second-order valence-corrected chi connectivity index (χ2v) is 14.5. The first-order chi connectivity index (χ1) is 24.1. The molecule has 1 unspecified atom stereocenters. The lowest BCUT2D eigenvalue weighted by Gasteiger charge is -2.37. The highest BCUT2D eigenvalue weighted by molar-refractivity contribution is 7.83. The second-order valence-electron chi connectivity index (χ2n) is 12.5. The van der Waals surface area contributed by atoms with Gasteiger partial charge in [-0.1, -0.05) is 79.5 Å². The standard InChI is InChI=1S/C38H40Cl2N6O3S/c1-4-17-44(18-5-2)36-35(40)24(3)46(42-36)34-16-14-27(37(47)43-50(49)30-15-13-25-11-8-12-33(39)31(25)21-30)20-32(34)38(48)45-23-28-10-7-6-9-26(28)19-29(45)22-41/h6-16,20-21,29H,4-5,17-19,22-23,41H2,1-3H3,(H,43,47)/t29-,50?/m0/s1. The van der Waals surface area contributed by atoms with Crippen LogP contribution in [0.3, 0.4) is 0 Å². The summed E-state index contributed by atoms with van der Waals surface area (Å²) in [5.41, 5.74) is 10.0. The van der Waals surface area contributed by atoms with E-state index >= 15 is 0 Å². The van der Waals surface area contributed by atoms with Crippen LogP contribution >= 0.6 is 23.2 Å². The predicted octanol–water partition coefficient (Wildman–Crippen LogP) is 7.25. The molecule has 2 amide bonds. The van der Waals surface area contributed by atoms with Crippen molar-refractivity contribution in [3.05, 3.63) is 117 Å². The summed E-state index contributed by atoms with van der Waals surface area (Å²) in [6.07, 6.45) is 2.45. The smallest absolute Gasteiger partial charge is 0.263 e. The number of hydrogen-bond acceptors (Lipinski definition) is 6. The van der Waals surface area contributed by atoms with E-state index in [1.54, 1.807) is 46.0 Å². The lowest BCUT2D eigenvalue weighted by molar-refractivity contribution is 0.0647. The van der Waals surface area contributed by atoms with Crippen LogP contribution in [-0.2, 0) is 24.0 Å². The molecule has 0 aliphatic carbocycles. The molecule has 0 saturated carbocycles. The molecule has 12 heteroatoms. The summed E-state index contributed by atoms with van der Waals surface area (Å²) >= 11 is 13.3. The average Bonchev–Trinajstić information content (AvgIpc) is 3.43. The van der Waals surface area contributed by atoms with E-state index in [0.29, 0.717) is 45.1 Å². The fourth-order valence-electron chi connectivity index (χ4n) is 6.52. The molecular formula is C38H40Cl2N6O3S. The van der Waals surface area contributed by atoms with Gasteiger partial charge in [-0.05, 0) is 79.1 Å². The summed E-state index contributed by atoms with van der Waals surface area (Å²) in [7, 11) is -1.90. The Balaban J connectivity index is 1.40. The maximum absolute atomic E-state index is 14.7. The quantitative estimate of drug-likeness (QED) is 0.148. The number of anilines is 1. The number of halogens is 2. The van der Waals surface area contributed by atoms with Crippen molar-refractivity contribution in [2.75, 3.05) is 24.5 Å². The normalized spacial score (nSPS) is 14.8. The van der Waals surface area contributed by atoms with Crippen LogP contribution in [0.5, 0.6) is 0 Å². The first kappa shape index (κ1) is 35.6. The van der Waals surface area contributed by atoms with Gasteiger partial charge < -0.3 is 15.5 Å². The molecule has 1 aromatic heterocycles. The zero-order valence-corrected chi connectivity index (χ0v) is 30.6. The maximum Gasteiger partial charge on any atom is 0.263 e. The van der Waals surface area contributed by atoms with Gasteiger partial charge in [0.05, 0.1) is 21.8 Å². The summed E-state index contributed by atoms with van der Waals surface area (Å²) in [5.74, 6) is -0.252. The van der Waals surface area contributed by atoms with E-state index in [-0.39, 0.29) is 29.6 Å². The summed E-state index contributed by atoms with van der Waals surface area (Å²) in [4.78, 5) is 32.7. The highest BCUT2D eigenvalue weighted by Gasteiger charge is 2.32. The maximum atomic E-state index is 14.7. The second kappa shape index (κ2) is 15.3. The van der Waals surface area contributed by atoms with Gasteiger partial charge in [0, 0.05) is 48.2 Å². The zero-order chi connectivity index (χ0) is 35.5. The third kappa shape index (κ3) is 7.03. The van der Waals surface area contributed by atoms with Crippen LogP contribution in [0.1, 0.15) is 64.2 Å². The highest BCUT2D eigenvalue weighted by Crippen LogP contribution is 2.33. The first-order valence-corrected chi connectivity index (χ1v) is 18.7. The molecule has 0 radical (unpaired) electrons. The molecular weight excluding hydrogens is 691 g/mol. The van der Waals surface area contributed by atoms with E-state index in [9.17, 15) is 13.8 Å². The van der Waals surface area contributed by atoms with Crippen molar-refractivity contribution in [2.24, 2.45) is 5.73 Å². The van der Waals surface area contributed by atoms with E-state index < -0.39 is 16.9 Å². The number of nitrogens with two attached hydrogens (primary N) is 1. The number of carbonyl (C=O) groups is 2. The Morgan fingerprint density at radius 3 is 2.44 bits per heavy atom. The van der Waals surface area contributed by atoms with Crippen LogP contribution in [0.25, 0.3) is 16.5 Å². The molecule has 6 rings (SSSR count). The number of fused-ring (bicyclic) bond motifs is 2. The number of benzene rings is 4. The van der Waals surface area contributed by atoms with E-state index in [2.05, 4.69) is 29.5 Å². The van der Waals surface area contributed by atoms with Crippen molar-refractivity contribution in [3.8, 4) is 5.69 Å². The van der Waals surface area contributed by atoms with Crippen LogP contribution in [0.4, 0.5) is 5.82 Å². The highest BCUT2D eigenvalue weighted by atomic mass is 35.5. The molecule has 0 spiro atoms. The largest absolute Gasteiger partial charge is 0.354 e. The molecule has 0 bridgehead atoms. The molecule has 50 heavy (non-hydrogen) atoms. The number of carbonyl (C=O) groups excluding carboxylic acids is 2. The van der Waals surface area contributed by atoms with Crippen LogP contribution in [-0.4, -0.2) is 56.4 Å². The summed E-state index contributed by atoms with van der Waals surface area (Å²) in [5, 5.41) is 7.58. The first-order valence-electron chi connectivity index (χ1n) is 16.8. The fraction of sp³-hybridized carbons (Fsp3) is 0.289. The number of nitrogens with one attached hydrogen (secondary N) is 1. The monoisotopic (exact) mass is 730 g/mol. The summed E-state index contributed by atoms with van der Waals surface area (Å²) < 4.78 is 17.7. The molecule has 5 aromatic rings. The van der Waals surface area contributed by atoms with Gasteiger partial charge in [-0.25, -0.2) is 8.89 Å². The minimum absolute atomic E-state index is 0.167. The topological polar surface area (TPSA) is 114 Å². The van der Waals surface area contributed by atoms with Gasteiger partial charge in [-0.2, -0.15) is 0 Å². The molecule has 9 nitrogen and oxygen atoms in total. The number of nitrogens with zero attached hydrogens (tertiary/aromatic N) is 4. The minimum atomic E-state index is -1.90. The fourth-order valence-corrected chi connectivity index (χ4v) is 7.82. The van der Waals surface area contributed by atoms with Crippen LogP contribution in [0, 0.1) is 6.92 Å². The third-order valence-electron chi connectivity index (χ3n) is 9.12. The molecule has 0 fully saturated rings. The molecule has 1 aliphatic rings. The van der Waals surface area contributed by atoms with Crippen molar-refractivity contribution in [1.82, 2.24) is 19.4 Å². The molecule has 2 atom stereocenters. The SMILES string of the molecule is CCCN(CCC)c1nn(-c2ccc(C(=O)NS(=O)c3ccc4cccc(Cl)c4c3)cc2C(=O)N2Cc3ccccc3C[C@H]2CN)c(C)c1Cl. The molecule has 4 aromatic carbocycles. The Morgan fingerprint density at radius 1 is 0.980 bits per heavy atom. The molecule has 0 saturated heterocycles. The number of amides is 2. The van der Waals surface area contributed by atoms with E-state index in [4.69, 9.17) is 34.0 Å². The molecule has 2 heterocycles. The van der Waals surface area contributed by atoms with Crippen molar-refractivity contribution in [3.63, 3.8) is 0 Å². The minimum Gasteiger partial charge on any atom is -0.354 e. The number of aromatic nitrogens is 2. The van der Waals surface area contributed by atoms with Crippen LogP contribution in [0.2, 0.25) is 10.0 Å². The van der Waals surface area contributed by atoms with Crippen molar-refractivity contribution in [2.45, 2.75) is 57.5 Å². The predicted molar refractivity (Wildman–Crippen MR) is 202 cm³/mol. The summed E-state index contributed by atoms with van der Waals surface area (Å²) in [6.45, 7) is 8.27. The van der Waals surface area contributed by atoms with E-state index in [0.717, 1.165) is 47.8 Å². The molecule has 3 N–H and O–H groups in total.